The topological polar surface area (TPSA) is 62.8 Å². The molecule has 4 nitrogen and oxygen atoms in total. The van der Waals surface area contributed by atoms with E-state index in [1.807, 2.05) is 25.1 Å². The normalized spacial score (nSPS) is 10.8. The van der Waals surface area contributed by atoms with Gasteiger partial charge in [-0.15, -0.1) is 0 Å². The Balaban J connectivity index is 1.86. The van der Waals surface area contributed by atoms with Crippen molar-refractivity contribution >= 4 is 40.7 Å². The second-order valence-electron chi connectivity index (χ2n) is 6.10. The van der Waals surface area contributed by atoms with Gasteiger partial charge in [-0.2, -0.15) is 0 Å². The molecule has 7 heteroatoms. The van der Waals surface area contributed by atoms with Crippen molar-refractivity contribution in [2.75, 3.05) is 5.75 Å². The number of H-pyrrole nitrogens is 1. The van der Waals surface area contributed by atoms with Crippen LogP contribution in [0.1, 0.15) is 34.1 Å². The van der Waals surface area contributed by atoms with Crippen LogP contribution < -0.4 is 5.56 Å². The average molecular weight is 433 g/mol. The van der Waals surface area contributed by atoms with E-state index >= 15 is 0 Å². The van der Waals surface area contributed by atoms with E-state index in [-0.39, 0.29) is 17.1 Å². The van der Waals surface area contributed by atoms with E-state index < -0.39 is 0 Å². The molecule has 1 N–H and O–H groups in total. The van der Waals surface area contributed by atoms with Crippen molar-refractivity contribution in [1.82, 2.24) is 9.97 Å². The molecule has 3 aromatic rings. The maximum atomic E-state index is 12.5. The molecular formula is C21H18Cl2N2O2S. The first-order valence-corrected chi connectivity index (χ1v) is 10.5. The summed E-state index contributed by atoms with van der Waals surface area (Å²) in [6, 6.07) is 14.3. The number of nitrogens with zero attached hydrogens (tertiary/aromatic N) is 1. The van der Waals surface area contributed by atoms with Crippen LogP contribution in [-0.2, 0) is 12.8 Å². The molecule has 0 amide bonds. The van der Waals surface area contributed by atoms with Gasteiger partial charge in [0, 0.05) is 27.6 Å². The van der Waals surface area contributed by atoms with Gasteiger partial charge < -0.3 is 4.98 Å². The number of Topliss-reactive ketones (excluding diaryl/α,β-unsaturated/α-hetero) is 1. The van der Waals surface area contributed by atoms with E-state index in [0.29, 0.717) is 44.9 Å². The zero-order valence-electron chi connectivity index (χ0n) is 15.2. The Morgan fingerprint density at radius 3 is 2.36 bits per heavy atom. The second-order valence-corrected chi connectivity index (χ2v) is 7.88. The molecule has 0 fully saturated rings. The van der Waals surface area contributed by atoms with Gasteiger partial charge in [-0.3, -0.25) is 9.59 Å². The third-order valence-corrected chi connectivity index (χ3v) is 5.86. The van der Waals surface area contributed by atoms with E-state index in [1.54, 1.807) is 30.3 Å². The second kappa shape index (κ2) is 9.41. The standard InChI is InChI=1S/C21H18Cl2N2O2S/c1-2-14-18(11-15-16(22)9-6-10-17(15)23)24-21(25-20(14)27)28-12-19(26)13-7-4-3-5-8-13/h3-10H,2,11-12H2,1H3,(H,24,25,27). The van der Waals surface area contributed by atoms with Gasteiger partial charge in [-0.25, -0.2) is 4.98 Å². The van der Waals surface area contributed by atoms with Gasteiger partial charge in [0.15, 0.2) is 10.9 Å². The number of carbonyl (C=O) groups is 1. The number of thioether (sulfide) groups is 1. The molecule has 0 spiro atoms. The van der Waals surface area contributed by atoms with Gasteiger partial charge in [0.25, 0.3) is 5.56 Å². The smallest absolute Gasteiger partial charge is 0.254 e. The van der Waals surface area contributed by atoms with Crippen LogP contribution in [-0.4, -0.2) is 21.5 Å². The van der Waals surface area contributed by atoms with Crippen LogP contribution in [0, 0.1) is 0 Å². The summed E-state index contributed by atoms with van der Waals surface area (Å²) in [6.45, 7) is 1.90. The fourth-order valence-corrected chi connectivity index (χ4v) is 4.12. The summed E-state index contributed by atoms with van der Waals surface area (Å²) in [4.78, 5) is 32.2. The molecule has 0 saturated carbocycles. The Hall–Kier alpha value is -2.08. The largest absolute Gasteiger partial charge is 0.301 e. The predicted molar refractivity (Wildman–Crippen MR) is 115 cm³/mol. The van der Waals surface area contributed by atoms with Crippen molar-refractivity contribution in [3.63, 3.8) is 0 Å². The van der Waals surface area contributed by atoms with Crippen LogP contribution in [0.25, 0.3) is 0 Å². The van der Waals surface area contributed by atoms with Crippen LogP contribution in [0.3, 0.4) is 0 Å². The van der Waals surface area contributed by atoms with Gasteiger partial charge in [0.05, 0.1) is 11.4 Å². The average Bonchev–Trinajstić information content (AvgIpc) is 2.69. The Morgan fingerprint density at radius 2 is 1.71 bits per heavy atom. The summed E-state index contributed by atoms with van der Waals surface area (Å²) in [5.74, 6) is 0.161. The highest BCUT2D eigenvalue weighted by atomic mass is 35.5. The first-order chi connectivity index (χ1) is 13.5. The lowest BCUT2D eigenvalue weighted by atomic mass is 10.0. The molecule has 28 heavy (non-hydrogen) atoms. The van der Waals surface area contributed by atoms with Crippen molar-refractivity contribution in [3.8, 4) is 0 Å². The highest BCUT2D eigenvalue weighted by Crippen LogP contribution is 2.27. The van der Waals surface area contributed by atoms with Crippen LogP contribution >= 0.6 is 35.0 Å². The third-order valence-electron chi connectivity index (χ3n) is 4.27. The number of ketones is 1. The van der Waals surface area contributed by atoms with Crippen LogP contribution in [0.5, 0.6) is 0 Å². The van der Waals surface area contributed by atoms with Gasteiger partial charge in [-0.05, 0) is 24.1 Å². The number of benzene rings is 2. The number of hydrogen-bond acceptors (Lipinski definition) is 4. The van der Waals surface area contributed by atoms with Crippen molar-refractivity contribution < 1.29 is 4.79 Å². The molecular weight excluding hydrogens is 415 g/mol. The van der Waals surface area contributed by atoms with Gasteiger partial charge in [0.2, 0.25) is 0 Å². The number of rotatable bonds is 7. The van der Waals surface area contributed by atoms with Crippen molar-refractivity contribution in [3.05, 3.63) is 91.3 Å². The summed E-state index contributed by atoms with van der Waals surface area (Å²) in [5, 5.41) is 1.47. The van der Waals surface area contributed by atoms with E-state index in [2.05, 4.69) is 9.97 Å². The highest BCUT2D eigenvalue weighted by molar-refractivity contribution is 7.99. The quantitative estimate of drug-likeness (QED) is 0.316. The summed E-state index contributed by atoms with van der Waals surface area (Å²) < 4.78 is 0. The molecule has 0 aliphatic rings. The molecule has 1 heterocycles. The minimum atomic E-state index is -0.203. The minimum Gasteiger partial charge on any atom is -0.301 e. The van der Waals surface area contributed by atoms with E-state index in [9.17, 15) is 9.59 Å². The monoisotopic (exact) mass is 432 g/mol. The number of aromatic amines is 1. The number of aromatic nitrogens is 2. The maximum absolute atomic E-state index is 12.5. The SMILES string of the molecule is CCc1c(Cc2c(Cl)cccc2Cl)nc(SCC(=O)c2ccccc2)[nH]c1=O. The number of nitrogens with one attached hydrogen (secondary N) is 1. The van der Waals surface area contributed by atoms with E-state index in [1.165, 1.54) is 11.8 Å². The van der Waals surface area contributed by atoms with Crippen molar-refractivity contribution in [2.45, 2.75) is 24.9 Å². The summed E-state index contributed by atoms with van der Waals surface area (Å²) in [6.07, 6.45) is 0.888. The molecule has 1 aromatic heterocycles. The molecule has 0 radical (unpaired) electrons. The first kappa shape index (κ1) is 20.6. The van der Waals surface area contributed by atoms with E-state index in [0.717, 1.165) is 5.56 Å². The number of halogens is 2. The molecule has 0 aliphatic heterocycles. The number of hydrogen-bond donors (Lipinski definition) is 1. The molecule has 144 valence electrons. The molecule has 3 rings (SSSR count). The minimum absolute atomic E-state index is 0.0245. The van der Waals surface area contributed by atoms with E-state index in [4.69, 9.17) is 23.2 Å². The predicted octanol–water partition coefficient (Wildman–Crippen LogP) is 5.20. The molecule has 2 aromatic carbocycles. The first-order valence-electron chi connectivity index (χ1n) is 8.75. The Bertz CT molecular complexity index is 1030. The zero-order valence-corrected chi connectivity index (χ0v) is 17.5. The van der Waals surface area contributed by atoms with Crippen LogP contribution in [0.4, 0.5) is 0 Å². The fourth-order valence-electron chi connectivity index (χ4n) is 2.81. The lowest BCUT2D eigenvalue weighted by Gasteiger charge is -2.11. The maximum Gasteiger partial charge on any atom is 0.254 e. The van der Waals surface area contributed by atoms with Gasteiger partial charge in [0.1, 0.15) is 0 Å². The Labute approximate surface area is 177 Å². The van der Waals surface area contributed by atoms with Crippen molar-refractivity contribution in [1.29, 1.82) is 0 Å². The molecule has 0 bridgehead atoms. The molecule has 0 unspecified atom stereocenters. The summed E-state index contributed by atoms with van der Waals surface area (Å²) in [5.41, 5.74) is 2.37. The molecule has 0 atom stereocenters. The van der Waals surface area contributed by atoms with Crippen LogP contribution in [0.2, 0.25) is 10.0 Å². The molecule has 0 aliphatic carbocycles. The third kappa shape index (κ3) is 4.85. The van der Waals surface area contributed by atoms with Gasteiger partial charge in [-0.1, -0.05) is 78.3 Å². The Kier molecular flexibility index (Phi) is 6.94. The van der Waals surface area contributed by atoms with Crippen molar-refractivity contribution in [2.24, 2.45) is 0 Å². The lowest BCUT2D eigenvalue weighted by Crippen LogP contribution is -2.19. The number of carbonyl (C=O) groups excluding carboxylic acids is 1. The lowest BCUT2D eigenvalue weighted by molar-refractivity contribution is 0.102. The zero-order chi connectivity index (χ0) is 20.1. The Morgan fingerprint density at radius 1 is 1.04 bits per heavy atom. The summed E-state index contributed by atoms with van der Waals surface area (Å²) >= 11 is 13.8. The van der Waals surface area contributed by atoms with Gasteiger partial charge >= 0.3 is 0 Å². The molecule has 0 saturated heterocycles. The van der Waals surface area contributed by atoms with Crippen LogP contribution in [0.15, 0.2) is 58.5 Å². The fraction of sp³-hybridized carbons (Fsp3) is 0.190. The summed E-state index contributed by atoms with van der Waals surface area (Å²) in [7, 11) is 0. The highest BCUT2D eigenvalue weighted by Gasteiger charge is 2.15.